The molecule has 15 heavy (non-hydrogen) atoms. The Morgan fingerprint density at radius 2 is 2.20 bits per heavy atom. The summed E-state index contributed by atoms with van der Waals surface area (Å²) in [6.45, 7) is 4.36. The molecule has 1 atom stereocenters. The molecule has 0 aliphatic heterocycles. The van der Waals surface area contributed by atoms with E-state index in [2.05, 4.69) is 5.10 Å². The first-order chi connectivity index (χ1) is 7.20. The highest BCUT2D eigenvalue weighted by atomic mass is 16.3. The Kier molecular flexibility index (Phi) is 2.60. The predicted molar refractivity (Wildman–Crippen MR) is 57.6 cm³/mol. The Bertz CT molecular complexity index is 404. The van der Waals surface area contributed by atoms with Crippen LogP contribution in [0.3, 0.4) is 0 Å². The molecule has 0 aliphatic carbocycles. The van der Waals surface area contributed by atoms with Gasteiger partial charge in [0.05, 0.1) is 5.69 Å². The summed E-state index contributed by atoms with van der Waals surface area (Å²) in [4.78, 5) is 0. The van der Waals surface area contributed by atoms with Gasteiger partial charge in [-0.2, -0.15) is 5.10 Å². The highest BCUT2D eigenvalue weighted by molar-refractivity contribution is 5.12. The first-order valence-corrected chi connectivity index (χ1v) is 4.99. The molecular weight excluding hydrogens is 190 g/mol. The van der Waals surface area contributed by atoms with Gasteiger partial charge in [0.1, 0.15) is 17.6 Å². The fraction of sp³-hybridized carbons (Fsp3) is 0.364. The summed E-state index contributed by atoms with van der Waals surface area (Å²) in [5.41, 5.74) is 6.72. The molecular formula is C11H15N3O. The number of nitrogens with zero attached hydrogens (tertiary/aromatic N) is 2. The largest absolute Gasteiger partial charge is 0.464 e. The third-order valence-corrected chi connectivity index (χ3v) is 2.37. The van der Waals surface area contributed by atoms with Gasteiger partial charge in [0, 0.05) is 12.7 Å². The Morgan fingerprint density at radius 3 is 2.67 bits per heavy atom. The van der Waals surface area contributed by atoms with Crippen molar-refractivity contribution in [2.45, 2.75) is 19.9 Å². The van der Waals surface area contributed by atoms with Gasteiger partial charge >= 0.3 is 0 Å². The Morgan fingerprint density at radius 1 is 1.40 bits per heavy atom. The van der Waals surface area contributed by atoms with Crippen LogP contribution in [0.2, 0.25) is 0 Å². The molecule has 2 N–H and O–H groups in total. The normalized spacial score (nSPS) is 13.0. The van der Waals surface area contributed by atoms with Crippen molar-refractivity contribution >= 4 is 0 Å². The van der Waals surface area contributed by atoms with Crippen molar-refractivity contribution < 1.29 is 4.42 Å². The molecule has 0 spiro atoms. The molecule has 80 valence electrons. The molecule has 2 rings (SSSR count). The van der Waals surface area contributed by atoms with Gasteiger partial charge in [0.2, 0.25) is 0 Å². The van der Waals surface area contributed by atoms with Gasteiger partial charge in [0.25, 0.3) is 0 Å². The lowest BCUT2D eigenvalue weighted by Gasteiger charge is -2.12. The molecule has 4 nitrogen and oxygen atoms in total. The Hall–Kier alpha value is -1.55. The van der Waals surface area contributed by atoms with Crippen LogP contribution in [-0.2, 0) is 0 Å². The quantitative estimate of drug-likeness (QED) is 0.828. The smallest absolute Gasteiger partial charge is 0.130 e. The number of nitrogens with two attached hydrogens (primary N) is 1. The van der Waals surface area contributed by atoms with Crippen molar-refractivity contribution in [3.63, 3.8) is 0 Å². The summed E-state index contributed by atoms with van der Waals surface area (Å²) in [5.74, 6) is 1.76. The van der Waals surface area contributed by atoms with Crippen molar-refractivity contribution in [1.29, 1.82) is 0 Å². The minimum absolute atomic E-state index is 0.00704. The van der Waals surface area contributed by atoms with Crippen LogP contribution in [-0.4, -0.2) is 16.3 Å². The Balaban J connectivity index is 2.32. The SMILES string of the molecule is Cc1ccn(C(CN)c2ccc(C)o2)n1. The van der Waals surface area contributed by atoms with E-state index in [1.54, 1.807) is 0 Å². The van der Waals surface area contributed by atoms with Crippen LogP contribution >= 0.6 is 0 Å². The number of hydrogen-bond acceptors (Lipinski definition) is 3. The number of aromatic nitrogens is 2. The van der Waals surface area contributed by atoms with E-state index in [1.165, 1.54) is 0 Å². The van der Waals surface area contributed by atoms with E-state index in [9.17, 15) is 0 Å². The van der Waals surface area contributed by atoms with Gasteiger partial charge in [0.15, 0.2) is 0 Å². The van der Waals surface area contributed by atoms with E-state index >= 15 is 0 Å². The maximum Gasteiger partial charge on any atom is 0.130 e. The second-order valence-electron chi connectivity index (χ2n) is 3.64. The topological polar surface area (TPSA) is 57.0 Å². The van der Waals surface area contributed by atoms with Crippen LogP contribution in [0.4, 0.5) is 0 Å². The fourth-order valence-corrected chi connectivity index (χ4v) is 1.59. The molecule has 0 saturated heterocycles. The summed E-state index contributed by atoms with van der Waals surface area (Å²) >= 11 is 0. The second kappa shape index (κ2) is 3.90. The van der Waals surface area contributed by atoms with Gasteiger partial charge in [-0.05, 0) is 32.0 Å². The van der Waals surface area contributed by atoms with Crippen molar-refractivity contribution in [1.82, 2.24) is 9.78 Å². The molecule has 0 aromatic carbocycles. The van der Waals surface area contributed by atoms with Crippen LogP contribution in [0.1, 0.15) is 23.3 Å². The van der Waals surface area contributed by atoms with E-state index < -0.39 is 0 Å². The molecule has 2 heterocycles. The lowest BCUT2D eigenvalue weighted by Crippen LogP contribution is -2.20. The van der Waals surface area contributed by atoms with Crippen LogP contribution in [0.15, 0.2) is 28.8 Å². The first-order valence-electron chi connectivity index (χ1n) is 4.99. The third kappa shape index (κ3) is 1.94. The van der Waals surface area contributed by atoms with Crippen molar-refractivity contribution in [2.24, 2.45) is 5.73 Å². The summed E-state index contributed by atoms with van der Waals surface area (Å²) in [5, 5.41) is 4.34. The average molecular weight is 205 g/mol. The zero-order chi connectivity index (χ0) is 10.8. The molecule has 2 aromatic rings. The van der Waals surface area contributed by atoms with Crippen molar-refractivity contribution in [3.05, 3.63) is 41.6 Å². The van der Waals surface area contributed by atoms with Gasteiger partial charge in [-0.3, -0.25) is 4.68 Å². The number of rotatable bonds is 3. The molecule has 0 amide bonds. The highest BCUT2D eigenvalue weighted by Crippen LogP contribution is 2.19. The lowest BCUT2D eigenvalue weighted by atomic mass is 10.2. The molecule has 0 saturated carbocycles. The minimum Gasteiger partial charge on any atom is -0.464 e. The van der Waals surface area contributed by atoms with E-state index in [0.29, 0.717) is 6.54 Å². The summed E-state index contributed by atoms with van der Waals surface area (Å²) in [7, 11) is 0. The van der Waals surface area contributed by atoms with Crippen LogP contribution in [0.25, 0.3) is 0 Å². The third-order valence-electron chi connectivity index (χ3n) is 2.37. The summed E-state index contributed by atoms with van der Waals surface area (Å²) < 4.78 is 7.40. The molecule has 1 unspecified atom stereocenters. The Labute approximate surface area is 88.7 Å². The molecule has 0 bridgehead atoms. The van der Waals surface area contributed by atoms with Crippen molar-refractivity contribution in [3.8, 4) is 0 Å². The second-order valence-corrected chi connectivity index (χ2v) is 3.64. The summed E-state index contributed by atoms with van der Waals surface area (Å²) in [6, 6.07) is 5.84. The maximum absolute atomic E-state index is 5.73. The minimum atomic E-state index is -0.00704. The van der Waals surface area contributed by atoms with Crippen LogP contribution in [0.5, 0.6) is 0 Å². The number of hydrogen-bond donors (Lipinski definition) is 1. The van der Waals surface area contributed by atoms with E-state index in [4.69, 9.17) is 10.2 Å². The van der Waals surface area contributed by atoms with E-state index in [1.807, 2.05) is 42.9 Å². The predicted octanol–water partition coefficient (Wildman–Crippen LogP) is 1.64. The lowest BCUT2D eigenvalue weighted by molar-refractivity contribution is 0.398. The van der Waals surface area contributed by atoms with Crippen molar-refractivity contribution in [2.75, 3.05) is 6.54 Å². The van der Waals surface area contributed by atoms with Crippen LogP contribution in [0, 0.1) is 13.8 Å². The molecule has 0 fully saturated rings. The van der Waals surface area contributed by atoms with Gasteiger partial charge in [-0.25, -0.2) is 0 Å². The van der Waals surface area contributed by atoms with Gasteiger partial charge in [-0.15, -0.1) is 0 Å². The highest BCUT2D eigenvalue weighted by Gasteiger charge is 2.15. The van der Waals surface area contributed by atoms with E-state index in [0.717, 1.165) is 17.2 Å². The fourth-order valence-electron chi connectivity index (χ4n) is 1.59. The number of aryl methyl sites for hydroxylation is 2. The molecule has 0 radical (unpaired) electrons. The monoisotopic (exact) mass is 205 g/mol. The summed E-state index contributed by atoms with van der Waals surface area (Å²) in [6.07, 6.45) is 1.92. The molecule has 0 aliphatic rings. The zero-order valence-electron chi connectivity index (χ0n) is 8.97. The average Bonchev–Trinajstić information content (AvgIpc) is 2.78. The molecule has 2 aromatic heterocycles. The first kappa shape index (κ1) is 9.98. The zero-order valence-corrected chi connectivity index (χ0v) is 8.97. The number of furan rings is 1. The standard InChI is InChI=1S/C11H15N3O/c1-8-5-6-14(13-8)10(7-12)11-4-3-9(2)15-11/h3-6,10H,7,12H2,1-2H3. The van der Waals surface area contributed by atoms with Gasteiger partial charge < -0.3 is 10.2 Å². The van der Waals surface area contributed by atoms with Crippen LogP contribution < -0.4 is 5.73 Å². The van der Waals surface area contributed by atoms with E-state index in [-0.39, 0.29) is 6.04 Å². The molecule has 4 heteroatoms. The maximum atomic E-state index is 5.73. The van der Waals surface area contributed by atoms with Gasteiger partial charge in [-0.1, -0.05) is 0 Å².